The number of hydrogen-bond acceptors (Lipinski definition) is 4. The average Bonchev–Trinajstić information content (AvgIpc) is 2.86. The Labute approximate surface area is 190 Å². The van der Waals surface area contributed by atoms with Crippen molar-refractivity contribution in [3.63, 3.8) is 0 Å². The van der Waals surface area contributed by atoms with Gasteiger partial charge in [-0.05, 0) is 36.4 Å². The number of rotatable bonds is 7. The summed E-state index contributed by atoms with van der Waals surface area (Å²) < 4.78 is 17.6. The van der Waals surface area contributed by atoms with Gasteiger partial charge in [-0.2, -0.15) is 0 Å². The van der Waals surface area contributed by atoms with Gasteiger partial charge in [0, 0.05) is 20.0 Å². The van der Waals surface area contributed by atoms with Gasteiger partial charge in [0.15, 0.2) is 5.85 Å². The van der Waals surface area contributed by atoms with Crippen molar-refractivity contribution in [3.05, 3.63) is 91.0 Å². The van der Waals surface area contributed by atoms with Gasteiger partial charge in [-0.25, -0.2) is 0 Å². The lowest BCUT2D eigenvalue weighted by Crippen LogP contribution is -2.47. The van der Waals surface area contributed by atoms with Crippen molar-refractivity contribution >= 4 is 29.1 Å². The highest BCUT2D eigenvalue weighted by molar-refractivity contribution is 7.96. The molecule has 1 heterocycles. The van der Waals surface area contributed by atoms with Gasteiger partial charge in [-0.1, -0.05) is 54.6 Å². The van der Waals surface area contributed by atoms with E-state index in [2.05, 4.69) is 72.8 Å². The van der Waals surface area contributed by atoms with Gasteiger partial charge in [-0.15, -0.1) is 0 Å². The third kappa shape index (κ3) is 4.49. The van der Waals surface area contributed by atoms with E-state index < -0.39 is 7.26 Å². The number of hydrogen-bond donors (Lipinski definition) is 0. The third-order valence-electron chi connectivity index (χ3n) is 6.22. The van der Waals surface area contributed by atoms with Crippen LogP contribution < -0.4 is 15.9 Å². The highest BCUT2D eigenvalue weighted by atomic mass is 31.2. The van der Waals surface area contributed by atoms with Crippen LogP contribution in [0.5, 0.6) is 0 Å². The van der Waals surface area contributed by atoms with E-state index in [0.29, 0.717) is 6.42 Å². The first-order chi connectivity index (χ1) is 15.7. The molecule has 1 aliphatic rings. The summed E-state index contributed by atoms with van der Waals surface area (Å²) in [6.07, 6.45) is 1.44. The van der Waals surface area contributed by atoms with Crippen LogP contribution in [0.15, 0.2) is 91.0 Å². The average molecular weight is 450 g/mol. The molecule has 5 heteroatoms. The van der Waals surface area contributed by atoms with Crippen LogP contribution in [0.25, 0.3) is 0 Å². The van der Waals surface area contributed by atoms with Crippen molar-refractivity contribution < 1.29 is 19.0 Å². The Kier molecular flexibility index (Phi) is 7.36. The molecule has 0 unspecified atom stereocenters. The SMILES string of the molecule is COC(=O)C[C@@H]1C[C@H](OC)C[C@H]([P+](c2ccccc2)(c2ccccc2)c2ccccc2)O1. The van der Waals surface area contributed by atoms with E-state index in [1.807, 2.05) is 18.2 Å². The Morgan fingerprint density at radius 2 is 1.28 bits per heavy atom. The fraction of sp³-hybridized carbons (Fsp3) is 0.296. The lowest BCUT2D eigenvalue weighted by Gasteiger charge is -2.41. The smallest absolute Gasteiger partial charge is 0.308 e. The minimum absolute atomic E-state index is 0.0129. The molecule has 0 aliphatic carbocycles. The Morgan fingerprint density at radius 1 is 0.812 bits per heavy atom. The van der Waals surface area contributed by atoms with Crippen molar-refractivity contribution in [1.29, 1.82) is 0 Å². The fourth-order valence-corrected chi connectivity index (χ4v) is 9.45. The van der Waals surface area contributed by atoms with Crippen LogP contribution in [0.1, 0.15) is 19.3 Å². The van der Waals surface area contributed by atoms with Gasteiger partial charge < -0.3 is 14.2 Å². The zero-order valence-electron chi connectivity index (χ0n) is 18.6. The van der Waals surface area contributed by atoms with Crippen molar-refractivity contribution in [1.82, 2.24) is 0 Å². The highest BCUT2D eigenvalue weighted by Gasteiger charge is 2.56. The molecule has 3 atom stereocenters. The van der Waals surface area contributed by atoms with Crippen LogP contribution >= 0.6 is 7.26 Å². The molecule has 0 aromatic heterocycles. The van der Waals surface area contributed by atoms with Crippen molar-refractivity contribution in [2.45, 2.75) is 37.3 Å². The zero-order valence-corrected chi connectivity index (χ0v) is 19.5. The molecule has 4 rings (SSSR count). The minimum Gasteiger partial charge on any atom is -0.469 e. The first-order valence-electron chi connectivity index (χ1n) is 11.0. The van der Waals surface area contributed by atoms with E-state index in [1.54, 1.807) is 7.11 Å². The van der Waals surface area contributed by atoms with Crippen LogP contribution in [-0.4, -0.2) is 38.2 Å². The molecule has 0 N–H and O–H groups in total. The molecular formula is C27H30O4P+. The Bertz CT molecular complexity index is 897. The topological polar surface area (TPSA) is 44.8 Å². The summed E-state index contributed by atoms with van der Waals surface area (Å²) in [7, 11) is 0.945. The highest BCUT2D eigenvalue weighted by Crippen LogP contribution is 2.62. The summed E-state index contributed by atoms with van der Waals surface area (Å²) in [6.45, 7) is 0. The molecule has 166 valence electrons. The van der Waals surface area contributed by atoms with Crippen LogP contribution in [0, 0.1) is 0 Å². The molecule has 0 bridgehead atoms. The summed E-state index contributed by atoms with van der Waals surface area (Å²) >= 11 is 0. The summed E-state index contributed by atoms with van der Waals surface area (Å²) in [5, 5.41) is 3.78. The molecule has 4 nitrogen and oxygen atoms in total. The second-order valence-corrected chi connectivity index (χ2v) is 11.6. The first-order valence-corrected chi connectivity index (χ1v) is 12.8. The van der Waals surface area contributed by atoms with Gasteiger partial charge in [0.1, 0.15) is 23.2 Å². The quantitative estimate of drug-likeness (QED) is 0.403. The predicted molar refractivity (Wildman–Crippen MR) is 130 cm³/mol. The van der Waals surface area contributed by atoms with E-state index in [9.17, 15) is 4.79 Å². The van der Waals surface area contributed by atoms with Crippen LogP contribution in [0.4, 0.5) is 0 Å². The molecule has 1 fully saturated rings. The molecule has 0 saturated carbocycles. The second kappa shape index (κ2) is 10.4. The number of benzene rings is 3. The van der Waals surface area contributed by atoms with Crippen molar-refractivity contribution in [3.8, 4) is 0 Å². The maximum absolute atomic E-state index is 12.1. The molecule has 3 aromatic carbocycles. The number of esters is 1. The Hall–Kier alpha value is -2.52. The number of ether oxygens (including phenoxy) is 3. The number of carbonyl (C=O) groups excluding carboxylic acids is 1. The summed E-state index contributed by atoms with van der Waals surface area (Å²) in [6, 6.07) is 32.0. The number of methoxy groups -OCH3 is 2. The Morgan fingerprint density at radius 3 is 1.69 bits per heavy atom. The van der Waals surface area contributed by atoms with Gasteiger partial charge in [0.2, 0.25) is 0 Å². The van der Waals surface area contributed by atoms with Crippen LogP contribution in [-0.2, 0) is 19.0 Å². The van der Waals surface area contributed by atoms with Gasteiger partial charge in [0.05, 0.1) is 25.7 Å². The number of carbonyl (C=O) groups is 1. The molecule has 0 amide bonds. The zero-order chi connectivity index (χ0) is 22.4. The fourth-order valence-electron chi connectivity index (χ4n) is 4.73. The molecule has 1 aliphatic heterocycles. The molecule has 1 saturated heterocycles. The van der Waals surface area contributed by atoms with E-state index >= 15 is 0 Å². The largest absolute Gasteiger partial charge is 0.469 e. The molecule has 32 heavy (non-hydrogen) atoms. The van der Waals surface area contributed by atoms with Gasteiger partial charge >= 0.3 is 5.97 Å². The van der Waals surface area contributed by atoms with Crippen LogP contribution in [0.2, 0.25) is 0 Å². The van der Waals surface area contributed by atoms with Gasteiger partial charge in [0.25, 0.3) is 0 Å². The van der Waals surface area contributed by atoms with Crippen molar-refractivity contribution in [2.24, 2.45) is 0 Å². The lowest BCUT2D eigenvalue weighted by atomic mass is 10.0. The van der Waals surface area contributed by atoms with E-state index in [1.165, 1.54) is 23.0 Å². The molecule has 3 aromatic rings. The minimum atomic E-state index is -2.22. The normalized spacial score (nSPS) is 21.1. The third-order valence-corrected chi connectivity index (χ3v) is 10.8. The summed E-state index contributed by atoms with van der Waals surface area (Å²) in [5.41, 5.74) is 0. The summed E-state index contributed by atoms with van der Waals surface area (Å²) in [4.78, 5) is 12.1. The van der Waals surface area contributed by atoms with Crippen molar-refractivity contribution in [2.75, 3.05) is 14.2 Å². The van der Waals surface area contributed by atoms with E-state index in [4.69, 9.17) is 14.2 Å². The molecular weight excluding hydrogens is 419 g/mol. The maximum Gasteiger partial charge on any atom is 0.308 e. The van der Waals surface area contributed by atoms with Crippen LogP contribution in [0.3, 0.4) is 0 Å². The van der Waals surface area contributed by atoms with E-state index in [0.717, 1.165) is 6.42 Å². The van der Waals surface area contributed by atoms with Gasteiger partial charge in [-0.3, -0.25) is 4.79 Å². The Balaban J connectivity index is 1.91. The lowest BCUT2D eigenvalue weighted by molar-refractivity contribution is -0.147. The standard InChI is InChI=1S/C27H30O4P/c1-29-21-18-22(19-26(28)30-2)31-27(20-21)32(23-12-6-3-7-13-23,24-14-8-4-9-15-24)25-16-10-5-11-17-25/h3-17,21-22,27H,18-20H2,1-2H3/q+1/t21-,22-,27-/m0/s1. The first kappa shape index (κ1) is 22.7. The monoisotopic (exact) mass is 449 g/mol. The molecule has 0 spiro atoms. The maximum atomic E-state index is 12.1. The molecule has 0 radical (unpaired) electrons. The summed E-state index contributed by atoms with van der Waals surface area (Å²) in [5.74, 6) is -0.378. The predicted octanol–water partition coefficient (Wildman–Crippen LogP) is 4.06. The second-order valence-electron chi connectivity index (χ2n) is 8.05. The van der Waals surface area contributed by atoms with E-state index in [-0.39, 0.29) is 30.4 Å².